The van der Waals surface area contributed by atoms with Crippen molar-refractivity contribution >= 4 is 12.1 Å². The zero-order valence-electron chi connectivity index (χ0n) is 10.3. The van der Waals surface area contributed by atoms with Crippen LogP contribution in [0.4, 0.5) is 0 Å². The molecule has 0 rings (SSSR count). The molecule has 0 spiro atoms. The minimum absolute atomic E-state index is 0.0208. The van der Waals surface area contributed by atoms with Crippen LogP contribution in [0.3, 0.4) is 0 Å². The molecule has 0 saturated heterocycles. The fraction of sp³-hybridized carbons (Fsp3) is 0.800. The molecular formula is C10H22N2O4. The molecule has 0 heterocycles. The van der Waals surface area contributed by atoms with E-state index in [1.165, 1.54) is 0 Å². The summed E-state index contributed by atoms with van der Waals surface area (Å²) in [5, 5.41) is 8.23. The zero-order valence-corrected chi connectivity index (χ0v) is 10.3. The van der Waals surface area contributed by atoms with Crippen molar-refractivity contribution in [3.63, 3.8) is 0 Å². The van der Waals surface area contributed by atoms with Crippen LogP contribution in [0.5, 0.6) is 0 Å². The van der Waals surface area contributed by atoms with E-state index in [1.807, 2.05) is 0 Å². The van der Waals surface area contributed by atoms with Crippen molar-refractivity contribution in [2.24, 2.45) is 23.3 Å². The van der Waals surface area contributed by atoms with E-state index < -0.39 is 12.0 Å². The number of aliphatic carboxylic acids is 1. The molecule has 0 aromatic carbocycles. The van der Waals surface area contributed by atoms with Crippen molar-refractivity contribution in [2.75, 3.05) is 6.54 Å². The van der Waals surface area contributed by atoms with Crippen LogP contribution >= 0.6 is 0 Å². The maximum Gasteiger partial charge on any atom is 0.373 e. The molecule has 96 valence electrons. The summed E-state index contributed by atoms with van der Waals surface area (Å²) in [5.74, 6) is -0.248. The summed E-state index contributed by atoms with van der Waals surface area (Å²) in [7, 11) is 0. The topological polar surface area (TPSA) is 123 Å². The summed E-state index contributed by atoms with van der Waals surface area (Å²) in [6.07, 6.45) is 0.250. The molecule has 0 radical (unpaired) electrons. The first-order chi connectivity index (χ1) is 7.24. The number of nitrogens with two attached hydrogens (primary N) is 2. The molecule has 0 aromatic rings. The Morgan fingerprint density at radius 1 is 1.25 bits per heavy atom. The largest absolute Gasteiger partial charge is 0.480 e. The third-order valence-corrected chi connectivity index (χ3v) is 1.47. The highest BCUT2D eigenvalue weighted by Gasteiger charge is 2.14. The average Bonchev–Trinajstić information content (AvgIpc) is 2.18. The lowest BCUT2D eigenvalue weighted by Gasteiger charge is -2.07. The minimum Gasteiger partial charge on any atom is -0.480 e. The number of hydrogen-bond acceptors (Lipinski definition) is 5. The summed E-state index contributed by atoms with van der Waals surface area (Å²) >= 11 is 0. The lowest BCUT2D eigenvalue weighted by Crippen LogP contribution is -2.34. The summed E-state index contributed by atoms with van der Waals surface area (Å²) in [6, 6.07) is -0.713. The van der Waals surface area contributed by atoms with E-state index in [4.69, 9.17) is 26.2 Å². The number of rotatable bonds is 3. The number of hydrogen-bond donors (Lipinski definition) is 3. The fourth-order valence-electron chi connectivity index (χ4n) is 0.285. The Morgan fingerprint density at radius 2 is 1.50 bits per heavy atom. The lowest BCUT2D eigenvalue weighted by molar-refractivity contribution is -0.191. The third-order valence-electron chi connectivity index (χ3n) is 1.47. The van der Waals surface area contributed by atoms with Gasteiger partial charge in [0.25, 0.3) is 0 Å². The van der Waals surface area contributed by atoms with E-state index in [9.17, 15) is 4.79 Å². The molecule has 0 aliphatic heterocycles. The van der Waals surface area contributed by atoms with Crippen molar-refractivity contribution < 1.29 is 19.5 Å². The van der Waals surface area contributed by atoms with Crippen molar-refractivity contribution in [1.82, 2.24) is 0 Å². The summed E-state index contributed by atoms with van der Waals surface area (Å²) in [4.78, 5) is 26.3. The van der Waals surface area contributed by atoms with Crippen LogP contribution in [0.2, 0.25) is 0 Å². The lowest BCUT2D eigenvalue weighted by atomic mass is 10.1. The molecule has 0 bridgehead atoms. The molecule has 0 amide bonds. The van der Waals surface area contributed by atoms with Gasteiger partial charge in [0, 0.05) is 0 Å². The van der Waals surface area contributed by atoms with Gasteiger partial charge in [0.15, 0.2) is 0 Å². The smallest absolute Gasteiger partial charge is 0.373 e. The van der Waals surface area contributed by atoms with Crippen molar-refractivity contribution in [1.29, 1.82) is 0 Å². The van der Waals surface area contributed by atoms with E-state index in [1.54, 1.807) is 13.8 Å². The van der Waals surface area contributed by atoms with Crippen LogP contribution in [0, 0.1) is 11.8 Å². The normalized spacial score (nSPS) is 10.5. The second-order valence-electron chi connectivity index (χ2n) is 3.82. The van der Waals surface area contributed by atoms with Gasteiger partial charge in [-0.3, -0.25) is 4.79 Å². The van der Waals surface area contributed by atoms with Crippen LogP contribution in [0.15, 0.2) is 0 Å². The molecule has 16 heavy (non-hydrogen) atoms. The Morgan fingerprint density at radius 3 is 1.50 bits per heavy atom. The maximum atomic E-state index is 10.0. The highest BCUT2D eigenvalue weighted by atomic mass is 16.4. The van der Waals surface area contributed by atoms with Crippen LogP contribution in [-0.2, 0) is 14.4 Å². The Hall–Kier alpha value is -1.23. The predicted molar refractivity (Wildman–Crippen MR) is 59.3 cm³/mol. The van der Waals surface area contributed by atoms with Gasteiger partial charge < -0.3 is 16.6 Å². The van der Waals surface area contributed by atoms with Crippen LogP contribution < -0.4 is 11.5 Å². The fourth-order valence-corrected chi connectivity index (χ4v) is 0.285. The second-order valence-corrected chi connectivity index (χ2v) is 3.82. The van der Waals surface area contributed by atoms with Crippen LogP contribution in [0.25, 0.3) is 0 Å². The van der Waals surface area contributed by atoms with Gasteiger partial charge in [0.2, 0.25) is 0 Å². The molecule has 0 saturated carbocycles. The average molecular weight is 234 g/mol. The molecule has 0 aliphatic carbocycles. The first kappa shape index (κ1) is 20.2. The van der Waals surface area contributed by atoms with E-state index in [-0.39, 0.29) is 12.1 Å². The Bertz CT molecular complexity index is 199. The Kier molecular flexibility index (Phi) is 17.4. The molecule has 6 nitrogen and oxygen atoms in total. The highest BCUT2D eigenvalue weighted by molar-refractivity contribution is 5.73. The monoisotopic (exact) mass is 234 g/mol. The molecular weight excluding hydrogens is 212 g/mol. The van der Waals surface area contributed by atoms with Gasteiger partial charge in [-0.1, -0.05) is 27.7 Å². The van der Waals surface area contributed by atoms with E-state index in [0.717, 1.165) is 6.54 Å². The van der Waals surface area contributed by atoms with E-state index >= 15 is 0 Å². The van der Waals surface area contributed by atoms with Crippen LogP contribution in [0.1, 0.15) is 27.7 Å². The van der Waals surface area contributed by atoms with Gasteiger partial charge in [-0.05, 0) is 18.4 Å². The Labute approximate surface area is 96.0 Å². The number of carbonyl (C=O) groups excluding carboxylic acids is 2. The van der Waals surface area contributed by atoms with Crippen molar-refractivity contribution in [3.8, 4) is 0 Å². The van der Waals surface area contributed by atoms with Gasteiger partial charge in [0.05, 0.1) is 0 Å². The number of carbonyl (C=O) groups is 1. The third kappa shape index (κ3) is 23.0. The predicted octanol–water partition coefficient (Wildman–Crippen LogP) is 0.0719. The molecule has 0 aliphatic rings. The molecule has 0 unspecified atom stereocenters. The zero-order chi connectivity index (χ0) is 13.7. The molecule has 0 fully saturated rings. The second kappa shape index (κ2) is 13.8. The van der Waals surface area contributed by atoms with E-state index in [0.29, 0.717) is 5.92 Å². The molecule has 6 heteroatoms. The highest BCUT2D eigenvalue weighted by Crippen LogP contribution is 1.96. The van der Waals surface area contributed by atoms with Gasteiger partial charge in [0.1, 0.15) is 6.04 Å². The first-order valence-electron chi connectivity index (χ1n) is 4.92. The van der Waals surface area contributed by atoms with Crippen molar-refractivity contribution in [3.05, 3.63) is 0 Å². The number of carboxylic acid groups (broad SMARTS) is 1. The quantitative estimate of drug-likeness (QED) is 0.635. The SMILES string of the molecule is CC(C)CN.CC(C)[C@H](N)C(=O)O.O=C=O. The van der Waals surface area contributed by atoms with Gasteiger partial charge >= 0.3 is 12.1 Å². The molecule has 0 aromatic heterocycles. The molecule has 1 atom stereocenters. The van der Waals surface area contributed by atoms with Crippen LogP contribution in [-0.4, -0.2) is 29.8 Å². The summed E-state index contributed by atoms with van der Waals surface area (Å²) in [6.45, 7) is 8.55. The van der Waals surface area contributed by atoms with Gasteiger partial charge in [-0.2, -0.15) is 9.59 Å². The summed E-state index contributed by atoms with van der Waals surface area (Å²) in [5.41, 5.74) is 10.3. The standard InChI is InChI=1S/C5H11NO2.C4H11N.CO2/c1-3(2)4(6)5(7)8;1-4(2)3-5;2-1-3/h3-4H,6H2,1-2H3,(H,7,8);4H,3,5H2,1-2H3;/t4-;;/m0../s1. The van der Waals surface area contributed by atoms with E-state index in [2.05, 4.69) is 13.8 Å². The molecule has 5 N–H and O–H groups in total. The Balaban J connectivity index is -0.000000181. The van der Waals surface area contributed by atoms with Gasteiger partial charge in [-0.15, -0.1) is 0 Å². The minimum atomic E-state index is -0.931. The van der Waals surface area contributed by atoms with Gasteiger partial charge in [-0.25, -0.2) is 0 Å². The number of carboxylic acids is 1. The first-order valence-corrected chi connectivity index (χ1v) is 4.92. The maximum absolute atomic E-state index is 10.0. The van der Waals surface area contributed by atoms with Crippen molar-refractivity contribution in [2.45, 2.75) is 33.7 Å². The summed E-state index contributed by atoms with van der Waals surface area (Å²) < 4.78 is 0.